The third kappa shape index (κ3) is 4.25. The average molecular weight is 651 g/mol. The summed E-state index contributed by atoms with van der Waals surface area (Å²) >= 11 is 0. The van der Waals surface area contributed by atoms with Gasteiger partial charge in [-0.3, -0.25) is 0 Å². The van der Waals surface area contributed by atoms with Crippen LogP contribution in [0.2, 0.25) is 0 Å². The first-order valence-corrected chi connectivity index (χ1v) is 17.4. The van der Waals surface area contributed by atoms with Gasteiger partial charge in [-0.25, -0.2) is 0 Å². The summed E-state index contributed by atoms with van der Waals surface area (Å²) in [7, 11) is 0. The summed E-state index contributed by atoms with van der Waals surface area (Å²) in [6, 6.07) is 65.5. The third-order valence-corrected chi connectivity index (χ3v) is 10.5. The molecular formula is C48H30N2O. The third-order valence-electron chi connectivity index (χ3n) is 10.5. The standard InChI is InChI=1S/C48H30N2O/c1-3-11-31(12-4-1)32-21-26-47-42(28-32)40-24-22-36(30-48(40)51-47)50-43-17-9-7-15-37(43)39-23-19-34(29-46(39)50)33-20-25-45-41(27-33)38-16-8-10-18-44(38)49(45)35-13-5-2-6-14-35/h1-30H. The SMILES string of the molecule is c1ccc(-c2ccc3oc4cc(-n5c6ccccc6c6ccc(-c7ccc8c(c7)c7ccccc7n8-c7ccccc7)cc65)ccc4c3c2)cc1. The summed E-state index contributed by atoms with van der Waals surface area (Å²) in [6.07, 6.45) is 0. The monoisotopic (exact) mass is 650 g/mol. The van der Waals surface area contributed by atoms with Gasteiger partial charge >= 0.3 is 0 Å². The predicted molar refractivity (Wildman–Crippen MR) is 213 cm³/mol. The van der Waals surface area contributed by atoms with Gasteiger partial charge in [0.15, 0.2) is 0 Å². The first-order valence-electron chi connectivity index (χ1n) is 17.4. The number of nitrogens with zero attached hydrogens (tertiary/aromatic N) is 2. The summed E-state index contributed by atoms with van der Waals surface area (Å²) in [4.78, 5) is 0. The van der Waals surface area contributed by atoms with Gasteiger partial charge in [-0.05, 0) is 89.0 Å². The maximum atomic E-state index is 6.49. The van der Waals surface area contributed by atoms with Crippen LogP contribution in [0.4, 0.5) is 0 Å². The first kappa shape index (κ1) is 28.0. The van der Waals surface area contributed by atoms with E-state index in [1.165, 1.54) is 71.6 Å². The Bertz CT molecular complexity index is 3130. The van der Waals surface area contributed by atoms with Crippen LogP contribution in [0.15, 0.2) is 186 Å². The second-order valence-corrected chi connectivity index (χ2v) is 13.4. The maximum absolute atomic E-state index is 6.49. The molecule has 0 spiro atoms. The Morgan fingerprint density at radius 3 is 1.63 bits per heavy atom. The summed E-state index contributed by atoms with van der Waals surface area (Å²) in [5.74, 6) is 0. The minimum absolute atomic E-state index is 0.884. The molecule has 0 N–H and O–H groups in total. The minimum Gasteiger partial charge on any atom is -0.456 e. The van der Waals surface area contributed by atoms with Crippen molar-refractivity contribution >= 4 is 65.6 Å². The van der Waals surface area contributed by atoms with Gasteiger partial charge in [0, 0.05) is 49.8 Å². The van der Waals surface area contributed by atoms with Gasteiger partial charge in [0.2, 0.25) is 0 Å². The summed E-state index contributed by atoms with van der Waals surface area (Å²) in [6.45, 7) is 0. The molecular weight excluding hydrogens is 621 g/mol. The summed E-state index contributed by atoms with van der Waals surface area (Å²) in [5, 5.41) is 7.22. The molecule has 8 aromatic carbocycles. The fourth-order valence-corrected chi connectivity index (χ4v) is 8.15. The molecule has 3 heteroatoms. The van der Waals surface area contributed by atoms with Crippen molar-refractivity contribution in [1.29, 1.82) is 0 Å². The van der Waals surface area contributed by atoms with Crippen LogP contribution in [0.25, 0.3) is 99.2 Å². The van der Waals surface area contributed by atoms with Crippen LogP contribution in [0.3, 0.4) is 0 Å². The van der Waals surface area contributed by atoms with Crippen LogP contribution in [0, 0.1) is 0 Å². The smallest absolute Gasteiger partial charge is 0.137 e. The van der Waals surface area contributed by atoms with Crippen molar-refractivity contribution in [2.75, 3.05) is 0 Å². The van der Waals surface area contributed by atoms with Crippen molar-refractivity contribution in [2.45, 2.75) is 0 Å². The number of para-hydroxylation sites is 3. The Morgan fingerprint density at radius 2 is 0.824 bits per heavy atom. The Labute approximate surface area is 293 Å². The molecule has 11 rings (SSSR count). The van der Waals surface area contributed by atoms with Crippen LogP contribution in [-0.4, -0.2) is 9.13 Å². The Morgan fingerprint density at radius 1 is 0.275 bits per heavy atom. The Balaban J connectivity index is 1.09. The van der Waals surface area contributed by atoms with Gasteiger partial charge in [-0.1, -0.05) is 109 Å². The molecule has 0 atom stereocenters. The number of aromatic nitrogens is 2. The zero-order valence-corrected chi connectivity index (χ0v) is 27.6. The lowest BCUT2D eigenvalue weighted by Gasteiger charge is -2.10. The fraction of sp³-hybridized carbons (Fsp3) is 0. The van der Waals surface area contributed by atoms with E-state index in [1.54, 1.807) is 0 Å². The zero-order valence-electron chi connectivity index (χ0n) is 27.6. The lowest BCUT2D eigenvalue weighted by Crippen LogP contribution is -1.94. The molecule has 0 radical (unpaired) electrons. The Hall–Kier alpha value is -6.84. The lowest BCUT2D eigenvalue weighted by atomic mass is 10.0. The number of benzene rings is 8. The summed E-state index contributed by atoms with van der Waals surface area (Å²) in [5.41, 5.74) is 13.6. The molecule has 0 bridgehead atoms. The molecule has 3 heterocycles. The van der Waals surface area contributed by atoms with Gasteiger partial charge in [0.05, 0.1) is 22.1 Å². The highest BCUT2D eigenvalue weighted by molar-refractivity contribution is 6.13. The highest BCUT2D eigenvalue weighted by Crippen LogP contribution is 2.39. The van der Waals surface area contributed by atoms with Crippen LogP contribution in [-0.2, 0) is 0 Å². The minimum atomic E-state index is 0.884. The second-order valence-electron chi connectivity index (χ2n) is 13.4. The number of fused-ring (bicyclic) bond motifs is 9. The first-order chi connectivity index (χ1) is 25.3. The van der Waals surface area contributed by atoms with E-state index in [0.29, 0.717) is 0 Å². The van der Waals surface area contributed by atoms with Crippen molar-refractivity contribution < 1.29 is 4.42 Å². The van der Waals surface area contributed by atoms with Crippen LogP contribution in [0.5, 0.6) is 0 Å². The van der Waals surface area contributed by atoms with E-state index < -0.39 is 0 Å². The van der Waals surface area contributed by atoms with E-state index in [-0.39, 0.29) is 0 Å². The molecule has 0 fully saturated rings. The molecule has 0 aliphatic heterocycles. The lowest BCUT2D eigenvalue weighted by molar-refractivity contribution is 0.668. The van der Waals surface area contributed by atoms with Crippen molar-refractivity contribution in [1.82, 2.24) is 9.13 Å². The number of hydrogen-bond donors (Lipinski definition) is 0. The van der Waals surface area contributed by atoms with Crippen LogP contribution in [0.1, 0.15) is 0 Å². The molecule has 0 saturated heterocycles. The van der Waals surface area contributed by atoms with Gasteiger partial charge in [-0.15, -0.1) is 0 Å². The molecule has 3 nitrogen and oxygen atoms in total. The van der Waals surface area contributed by atoms with Gasteiger partial charge in [0.1, 0.15) is 11.2 Å². The highest BCUT2D eigenvalue weighted by atomic mass is 16.3. The molecule has 0 unspecified atom stereocenters. The summed E-state index contributed by atoms with van der Waals surface area (Å²) < 4.78 is 11.2. The number of rotatable bonds is 4. The van der Waals surface area contributed by atoms with E-state index >= 15 is 0 Å². The molecule has 0 aliphatic carbocycles. The molecule has 11 aromatic rings. The zero-order chi connectivity index (χ0) is 33.5. The average Bonchev–Trinajstić information content (AvgIpc) is 3.85. The van der Waals surface area contributed by atoms with Crippen molar-refractivity contribution in [3.63, 3.8) is 0 Å². The van der Waals surface area contributed by atoms with Crippen molar-refractivity contribution in [3.8, 4) is 33.6 Å². The van der Waals surface area contributed by atoms with E-state index in [9.17, 15) is 0 Å². The van der Waals surface area contributed by atoms with E-state index in [2.05, 4.69) is 191 Å². The quantitative estimate of drug-likeness (QED) is 0.186. The largest absolute Gasteiger partial charge is 0.456 e. The second kappa shape index (κ2) is 10.8. The van der Waals surface area contributed by atoms with E-state index in [0.717, 1.165) is 27.6 Å². The highest BCUT2D eigenvalue weighted by Gasteiger charge is 2.17. The van der Waals surface area contributed by atoms with E-state index in [1.807, 2.05) is 0 Å². The number of hydrogen-bond acceptors (Lipinski definition) is 1. The van der Waals surface area contributed by atoms with E-state index in [4.69, 9.17) is 4.42 Å². The molecule has 51 heavy (non-hydrogen) atoms. The Kier molecular flexibility index (Phi) is 5.96. The molecule has 0 amide bonds. The van der Waals surface area contributed by atoms with Crippen molar-refractivity contribution in [3.05, 3.63) is 182 Å². The topological polar surface area (TPSA) is 23.0 Å². The fourth-order valence-electron chi connectivity index (χ4n) is 8.15. The van der Waals surface area contributed by atoms with Gasteiger partial charge < -0.3 is 13.6 Å². The van der Waals surface area contributed by atoms with Crippen molar-refractivity contribution in [2.24, 2.45) is 0 Å². The number of furan rings is 1. The normalized spacial score (nSPS) is 11.9. The molecule has 238 valence electrons. The molecule has 0 aliphatic rings. The molecule has 3 aromatic heterocycles. The van der Waals surface area contributed by atoms with Crippen LogP contribution < -0.4 is 0 Å². The molecule has 0 saturated carbocycles. The maximum Gasteiger partial charge on any atom is 0.137 e. The van der Waals surface area contributed by atoms with Crippen LogP contribution >= 0.6 is 0 Å². The van der Waals surface area contributed by atoms with Gasteiger partial charge in [-0.2, -0.15) is 0 Å². The van der Waals surface area contributed by atoms with Gasteiger partial charge in [0.25, 0.3) is 0 Å². The predicted octanol–water partition coefficient (Wildman–Crippen LogP) is 13.1.